The average Bonchev–Trinajstić information content (AvgIpc) is 2.01. The molecular formula is C7H13BrO3. The molecule has 0 aromatic rings. The van der Waals surface area contributed by atoms with Gasteiger partial charge in [-0.15, -0.1) is 0 Å². The molecule has 0 aromatic carbocycles. The molecule has 0 aliphatic carbocycles. The van der Waals surface area contributed by atoms with Crippen molar-refractivity contribution in [3.05, 3.63) is 0 Å². The molecule has 66 valence electrons. The Morgan fingerprint density at radius 1 is 1.55 bits per heavy atom. The van der Waals surface area contributed by atoms with E-state index >= 15 is 0 Å². The van der Waals surface area contributed by atoms with Crippen molar-refractivity contribution < 1.29 is 14.3 Å². The lowest BCUT2D eigenvalue weighted by molar-refractivity contribution is 0.0516. The molecule has 1 atom stereocenters. The van der Waals surface area contributed by atoms with E-state index in [9.17, 15) is 4.79 Å². The second-order valence-corrected chi connectivity index (χ2v) is 2.90. The quantitative estimate of drug-likeness (QED) is 0.543. The molecule has 0 saturated carbocycles. The molecule has 0 radical (unpaired) electrons. The van der Waals surface area contributed by atoms with Crippen LogP contribution < -0.4 is 0 Å². The first kappa shape index (κ1) is 10.8. The van der Waals surface area contributed by atoms with Crippen molar-refractivity contribution in [3.8, 4) is 0 Å². The van der Waals surface area contributed by atoms with Crippen LogP contribution in [-0.4, -0.2) is 24.7 Å². The molecule has 3 nitrogen and oxygen atoms in total. The van der Waals surface area contributed by atoms with Crippen LogP contribution >= 0.6 is 15.9 Å². The number of rotatable bonds is 4. The largest absolute Gasteiger partial charge is 0.508 e. The molecule has 1 unspecified atom stereocenters. The van der Waals surface area contributed by atoms with Crippen molar-refractivity contribution in [3.63, 3.8) is 0 Å². The summed E-state index contributed by atoms with van der Waals surface area (Å²) in [6.45, 7) is 4.49. The Labute approximate surface area is 75.2 Å². The zero-order valence-corrected chi connectivity index (χ0v) is 8.39. The van der Waals surface area contributed by atoms with Gasteiger partial charge in [0.1, 0.15) is 0 Å². The Morgan fingerprint density at radius 2 is 2.18 bits per heavy atom. The van der Waals surface area contributed by atoms with E-state index in [-0.39, 0.29) is 0 Å². The van der Waals surface area contributed by atoms with E-state index in [0.717, 1.165) is 5.33 Å². The van der Waals surface area contributed by atoms with E-state index in [4.69, 9.17) is 4.74 Å². The van der Waals surface area contributed by atoms with E-state index in [1.165, 1.54) is 0 Å². The molecular weight excluding hydrogens is 212 g/mol. The van der Waals surface area contributed by atoms with Crippen molar-refractivity contribution in [1.29, 1.82) is 0 Å². The van der Waals surface area contributed by atoms with E-state index < -0.39 is 6.16 Å². The second-order valence-electron chi connectivity index (χ2n) is 2.25. The summed E-state index contributed by atoms with van der Waals surface area (Å²) in [6, 6.07) is 0. The Hall–Kier alpha value is -0.250. The van der Waals surface area contributed by atoms with Gasteiger partial charge in [-0.05, 0) is 6.92 Å². The van der Waals surface area contributed by atoms with E-state index in [1.54, 1.807) is 6.92 Å². The van der Waals surface area contributed by atoms with Crippen molar-refractivity contribution in [1.82, 2.24) is 0 Å². The number of carbonyl (C=O) groups is 1. The maximum Gasteiger partial charge on any atom is 0.508 e. The summed E-state index contributed by atoms with van der Waals surface area (Å²) in [5.41, 5.74) is 0. The summed E-state index contributed by atoms with van der Waals surface area (Å²) in [6.07, 6.45) is -0.583. The fourth-order valence-electron chi connectivity index (χ4n) is 0.414. The monoisotopic (exact) mass is 224 g/mol. The molecule has 0 amide bonds. The van der Waals surface area contributed by atoms with Gasteiger partial charge in [-0.2, -0.15) is 0 Å². The highest BCUT2D eigenvalue weighted by Gasteiger charge is 2.05. The number of ether oxygens (including phenoxy) is 2. The third-order valence-corrected chi connectivity index (χ3v) is 2.12. The molecule has 0 bridgehead atoms. The summed E-state index contributed by atoms with van der Waals surface area (Å²) in [7, 11) is 0. The minimum atomic E-state index is -0.583. The van der Waals surface area contributed by atoms with Crippen LogP contribution in [0.25, 0.3) is 0 Å². The van der Waals surface area contributed by atoms with Crippen molar-refractivity contribution >= 4 is 22.1 Å². The SMILES string of the molecule is CCOC(=O)OCC(C)CBr. The van der Waals surface area contributed by atoms with Gasteiger partial charge in [0.15, 0.2) is 0 Å². The zero-order chi connectivity index (χ0) is 8.69. The zero-order valence-electron chi connectivity index (χ0n) is 6.80. The van der Waals surface area contributed by atoms with E-state index in [2.05, 4.69) is 20.7 Å². The molecule has 0 aromatic heterocycles. The lowest BCUT2D eigenvalue weighted by atomic mass is 10.2. The van der Waals surface area contributed by atoms with Gasteiger partial charge in [0, 0.05) is 11.2 Å². The summed E-state index contributed by atoms with van der Waals surface area (Å²) in [4.78, 5) is 10.6. The van der Waals surface area contributed by atoms with Crippen molar-refractivity contribution in [2.75, 3.05) is 18.5 Å². The molecule has 0 heterocycles. The highest BCUT2D eigenvalue weighted by Crippen LogP contribution is 2.00. The van der Waals surface area contributed by atoms with E-state index in [0.29, 0.717) is 19.1 Å². The van der Waals surface area contributed by atoms with Gasteiger partial charge >= 0.3 is 6.16 Å². The lowest BCUT2D eigenvalue weighted by Crippen LogP contribution is -2.13. The maximum absolute atomic E-state index is 10.6. The summed E-state index contributed by atoms with van der Waals surface area (Å²) in [5, 5.41) is 0.826. The van der Waals surface area contributed by atoms with Gasteiger partial charge in [-0.1, -0.05) is 22.9 Å². The van der Waals surface area contributed by atoms with Gasteiger partial charge in [0.25, 0.3) is 0 Å². The fourth-order valence-corrected chi connectivity index (χ4v) is 0.601. The Morgan fingerprint density at radius 3 is 2.64 bits per heavy atom. The van der Waals surface area contributed by atoms with Crippen LogP contribution in [0.2, 0.25) is 0 Å². The Bertz CT molecular complexity index is 116. The molecule has 0 saturated heterocycles. The molecule has 0 aliphatic heterocycles. The second kappa shape index (κ2) is 6.46. The van der Waals surface area contributed by atoms with Gasteiger partial charge in [0.2, 0.25) is 0 Å². The predicted molar refractivity (Wildman–Crippen MR) is 45.9 cm³/mol. The number of hydrogen-bond donors (Lipinski definition) is 0. The predicted octanol–water partition coefficient (Wildman–Crippen LogP) is 2.19. The van der Waals surface area contributed by atoms with Crippen LogP contribution in [-0.2, 0) is 9.47 Å². The van der Waals surface area contributed by atoms with Crippen LogP contribution in [0.3, 0.4) is 0 Å². The topological polar surface area (TPSA) is 35.5 Å². The molecule has 0 rings (SSSR count). The van der Waals surface area contributed by atoms with Crippen LogP contribution in [0.1, 0.15) is 13.8 Å². The third kappa shape index (κ3) is 6.16. The minimum absolute atomic E-state index is 0.333. The molecule has 4 heteroatoms. The van der Waals surface area contributed by atoms with Gasteiger partial charge in [-0.3, -0.25) is 0 Å². The van der Waals surface area contributed by atoms with Crippen molar-refractivity contribution in [2.24, 2.45) is 5.92 Å². The summed E-state index contributed by atoms with van der Waals surface area (Å²) < 4.78 is 9.30. The number of hydrogen-bond acceptors (Lipinski definition) is 3. The maximum atomic E-state index is 10.6. The first-order valence-electron chi connectivity index (χ1n) is 3.56. The highest BCUT2D eigenvalue weighted by molar-refractivity contribution is 9.09. The normalized spacial score (nSPS) is 12.3. The van der Waals surface area contributed by atoms with Gasteiger partial charge in [-0.25, -0.2) is 4.79 Å². The van der Waals surface area contributed by atoms with Crippen LogP contribution in [0, 0.1) is 5.92 Å². The summed E-state index contributed by atoms with van der Waals surface area (Å²) in [5.74, 6) is 0.333. The molecule has 0 spiro atoms. The van der Waals surface area contributed by atoms with Gasteiger partial charge in [0.05, 0.1) is 13.2 Å². The Kier molecular flexibility index (Phi) is 6.31. The average molecular weight is 225 g/mol. The fraction of sp³-hybridized carbons (Fsp3) is 0.857. The highest BCUT2D eigenvalue weighted by atomic mass is 79.9. The Balaban J connectivity index is 3.30. The number of carbonyl (C=O) groups excluding carboxylic acids is 1. The summed E-state index contributed by atoms with van der Waals surface area (Å²) >= 11 is 3.27. The van der Waals surface area contributed by atoms with Crippen LogP contribution in [0.5, 0.6) is 0 Å². The number of halogens is 1. The third-order valence-electron chi connectivity index (χ3n) is 1.01. The molecule has 11 heavy (non-hydrogen) atoms. The molecule has 0 N–H and O–H groups in total. The number of alkyl halides is 1. The van der Waals surface area contributed by atoms with Crippen molar-refractivity contribution in [2.45, 2.75) is 13.8 Å². The van der Waals surface area contributed by atoms with Crippen LogP contribution in [0.4, 0.5) is 4.79 Å². The molecule has 0 fully saturated rings. The molecule has 0 aliphatic rings. The standard InChI is InChI=1S/C7H13BrO3/c1-3-10-7(9)11-5-6(2)4-8/h6H,3-5H2,1-2H3. The smallest absolute Gasteiger partial charge is 0.435 e. The first-order chi connectivity index (χ1) is 5.20. The lowest BCUT2D eigenvalue weighted by Gasteiger charge is -2.07. The van der Waals surface area contributed by atoms with E-state index in [1.807, 2.05) is 6.92 Å². The van der Waals surface area contributed by atoms with Crippen LogP contribution in [0.15, 0.2) is 0 Å². The van der Waals surface area contributed by atoms with Gasteiger partial charge < -0.3 is 9.47 Å². The first-order valence-corrected chi connectivity index (χ1v) is 4.68. The minimum Gasteiger partial charge on any atom is -0.435 e.